The van der Waals surface area contributed by atoms with Gasteiger partial charge in [0.15, 0.2) is 0 Å². The minimum absolute atomic E-state index is 0.231. The minimum atomic E-state index is 0.231. The predicted molar refractivity (Wildman–Crippen MR) is 105 cm³/mol. The Labute approximate surface area is 158 Å². The summed E-state index contributed by atoms with van der Waals surface area (Å²) in [5.41, 5.74) is 2.23. The van der Waals surface area contributed by atoms with E-state index in [1.165, 1.54) is 11.3 Å². The molecule has 0 amide bonds. The molecule has 0 saturated heterocycles. The molecule has 0 spiro atoms. The molecule has 22 heavy (non-hydrogen) atoms. The number of phenols is 1. The SMILES string of the molecule is C/C(=N\c1nc2cc(Cl)ccc2s1)c1cc(Br)cc(I)c1O. The molecule has 1 N–H and O–H groups in total. The maximum atomic E-state index is 10.2. The van der Waals surface area contributed by atoms with Crippen molar-refractivity contribution in [2.45, 2.75) is 6.92 Å². The third-order valence-electron chi connectivity index (χ3n) is 3.02. The largest absolute Gasteiger partial charge is 0.506 e. The molecule has 0 fully saturated rings. The van der Waals surface area contributed by atoms with Crippen LogP contribution in [0.3, 0.4) is 0 Å². The summed E-state index contributed by atoms with van der Waals surface area (Å²) in [7, 11) is 0. The van der Waals surface area contributed by atoms with Gasteiger partial charge in [-0.2, -0.15) is 0 Å². The van der Waals surface area contributed by atoms with Gasteiger partial charge in [0.25, 0.3) is 0 Å². The van der Waals surface area contributed by atoms with Crippen LogP contribution < -0.4 is 0 Å². The molecule has 0 saturated carbocycles. The zero-order valence-electron chi connectivity index (χ0n) is 11.3. The van der Waals surface area contributed by atoms with E-state index in [-0.39, 0.29) is 5.75 Å². The lowest BCUT2D eigenvalue weighted by Crippen LogP contribution is -1.96. The Kier molecular flexibility index (Phi) is 4.72. The molecular weight excluding hydrogens is 499 g/mol. The lowest BCUT2D eigenvalue weighted by molar-refractivity contribution is 0.470. The molecule has 0 radical (unpaired) electrons. The fraction of sp³-hybridized carbons (Fsp3) is 0.0667. The summed E-state index contributed by atoms with van der Waals surface area (Å²) in [5, 5.41) is 11.5. The zero-order valence-corrected chi connectivity index (χ0v) is 16.6. The molecule has 3 aromatic rings. The first-order valence-corrected chi connectivity index (χ1v) is 9.30. The van der Waals surface area contributed by atoms with Gasteiger partial charge in [-0.15, -0.1) is 0 Å². The van der Waals surface area contributed by atoms with Gasteiger partial charge in [-0.25, -0.2) is 9.98 Å². The summed E-state index contributed by atoms with van der Waals surface area (Å²) in [6.45, 7) is 1.86. The van der Waals surface area contributed by atoms with E-state index < -0.39 is 0 Å². The number of phenolic OH excluding ortho intramolecular Hbond substituents is 1. The Morgan fingerprint density at radius 3 is 2.91 bits per heavy atom. The molecule has 0 aliphatic heterocycles. The zero-order chi connectivity index (χ0) is 15.9. The Hall–Kier alpha value is -0.700. The fourth-order valence-electron chi connectivity index (χ4n) is 1.98. The van der Waals surface area contributed by atoms with Crippen LogP contribution in [0.5, 0.6) is 5.75 Å². The lowest BCUT2D eigenvalue weighted by atomic mass is 10.1. The Morgan fingerprint density at radius 2 is 2.14 bits per heavy atom. The topological polar surface area (TPSA) is 45.5 Å². The van der Waals surface area contributed by atoms with E-state index in [1.54, 1.807) is 0 Å². The molecule has 1 heterocycles. The van der Waals surface area contributed by atoms with E-state index in [0.717, 1.165) is 18.3 Å². The number of nitrogens with zero attached hydrogens (tertiary/aromatic N) is 2. The Morgan fingerprint density at radius 1 is 1.36 bits per heavy atom. The maximum absolute atomic E-state index is 10.2. The highest BCUT2D eigenvalue weighted by Crippen LogP contribution is 2.33. The number of aromatic nitrogens is 1. The van der Waals surface area contributed by atoms with Crippen LogP contribution in [0.1, 0.15) is 12.5 Å². The van der Waals surface area contributed by atoms with Crippen molar-refractivity contribution in [1.82, 2.24) is 4.98 Å². The predicted octanol–water partition coefficient (Wildman–Crippen LogP) is 6.16. The number of rotatable bonds is 2. The highest BCUT2D eigenvalue weighted by atomic mass is 127. The van der Waals surface area contributed by atoms with Crippen LogP contribution >= 0.6 is 61.5 Å². The van der Waals surface area contributed by atoms with Crippen LogP contribution in [0.2, 0.25) is 5.02 Å². The van der Waals surface area contributed by atoms with Crippen LogP contribution in [-0.2, 0) is 0 Å². The quantitative estimate of drug-likeness (QED) is 0.333. The van der Waals surface area contributed by atoms with Crippen molar-refractivity contribution in [3.63, 3.8) is 0 Å². The Balaban J connectivity index is 2.06. The van der Waals surface area contributed by atoms with Crippen LogP contribution in [0, 0.1) is 3.57 Å². The number of halogens is 3. The summed E-state index contributed by atoms with van der Waals surface area (Å²) in [4.78, 5) is 9.00. The van der Waals surface area contributed by atoms with Gasteiger partial charge >= 0.3 is 0 Å². The molecule has 0 atom stereocenters. The molecule has 0 aliphatic rings. The third kappa shape index (κ3) is 3.29. The van der Waals surface area contributed by atoms with E-state index in [4.69, 9.17) is 11.6 Å². The van der Waals surface area contributed by atoms with Crippen LogP contribution in [0.4, 0.5) is 5.13 Å². The van der Waals surface area contributed by atoms with Gasteiger partial charge in [0.1, 0.15) is 5.75 Å². The molecule has 0 bridgehead atoms. The van der Waals surface area contributed by atoms with Crippen molar-refractivity contribution in [2.75, 3.05) is 0 Å². The second-order valence-corrected chi connectivity index (χ2v) is 8.11. The second kappa shape index (κ2) is 6.43. The summed E-state index contributed by atoms with van der Waals surface area (Å²) >= 11 is 13.0. The molecule has 3 rings (SSSR count). The Bertz CT molecular complexity index is 910. The molecule has 0 unspecified atom stereocenters. The fourth-order valence-corrected chi connectivity index (χ4v) is 4.53. The van der Waals surface area contributed by atoms with E-state index in [0.29, 0.717) is 21.4 Å². The first-order chi connectivity index (χ1) is 10.4. The molecule has 3 nitrogen and oxygen atoms in total. The highest BCUT2D eigenvalue weighted by Gasteiger charge is 2.11. The summed E-state index contributed by atoms with van der Waals surface area (Å²) in [5.74, 6) is 0.231. The van der Waals surface area contributed by atoms with Gasteiger partial charge in [-0.3, -0.25) is 0 Å². The number of aliphatic imine (C=N–C) groups is 1. The number of fused-ring (bicyclic) bond motifs is 1. The van der Waals surface area contributed by atoms with Gasteiger partial charge < -0.3 is 5.11 Å². The average Bonchev–Trinajstić information content (AvgIpc) is 2.83. The van der Waals surface area contributed by atoms with Gasteiger partial charge in [0.05, 0.1) is 19.5 Å². The van der Waals surface area contributed by atoms with Crippen molar-refractivity contribution < 1.29 is 5.11 Å². The molecule has 0 aliphatic carbocycles. The normalized spacial score (nSPS) is 12.1. The number of aromatic hydroxyl groups is 1. The first kappa shape index (κ1) is 16.2. The molecule has 2 aromatic carbocycles. The van der Waals surface area contributed by atoms with E-state index >= 15 is 0 Å². The van der Waals surface area contributed by atoms with Crippen molar-refractivity contribution in [3.05, 3.63) is 49.0 Å². The summed E-state index contributed by atoms with van der Waals surface area (Å²) in [6.07, 6.45) is 0. The molecule has 7 heteroatoms. The smallest absolute Gasteiger partial charge is 0.210 e. The van der Waals surface area contributed by atoms with Crippen molar-refractivity contribution in [3.8, 4) is 5.75 Å². The molecule has 1 aromatic heterocycles. The van der Waals surface area contributed by atoms with E-state index in [9.17, 15) is 5.11 Å². The van der Waals surface area contributed by atoms with Crippen molar-refractivity contribution in [2.24, 2.45) is 4.99 Å². The van der Waals surface area contributed by atoms with Gasteiger partial charge in [-0.05, 0) is 59.8 Å². The maximum Gasteiger partial charge on any atom is 0.210 e. The van der Waals surface area contributed by atoms with Crippen molar-refractivity contribution in [1.29, 1.82) is 0 Å². The third-order valence-corrected chi connectivity index (χ3v) is 5.47. The van der Waals surface area contributed by atoms with Crippen LogP contribution in [-0.4, -0.2) is 15.8 Å². The summed E-state index contributed by atoms with van der Waals surface area (Å²) < 4.78 is 2.70. The van der Waals surface area contributed by atoms with Crippen LogP contribution in [0.25, 0.3) is 10.2 Å². The van der Waals surface area contributed by atoms with Gasteiger partial charge in [0.2, 0.25) is 5.13 Å². The lowest BCUT2D eigenvalue weighted by Gasteiger charge is -2.06. The number of benzene rings is 2. The van der Waals surface area contributed by atoms with Gasteiger partial charge in [-0.1, -0.05) is 38.9 Å². The number of thiazole rings is 1. The van der Waals surface area contributed by atoms with Gasteiger partial charge in [0, 0.05) is 15.1 Å². The second-order valence-electron chi connectivity index (χ2n) is 4.59. The summed E-state index contributed by atoms with van der Waals surface area (Å²) in [6, 6.07) is 9.29. The highest BCUT2D eigenvalue weighted by molar-refractivity contribution is 14.1. The average molecular weight is 508 g/mol. The van der Waals surface area contributed by atoms with E-state index in [2.05, 4.69) is 48.5 Å². The standard InChI is InChI=1S/C15H9BrClIN2OS/c1-7(10-4-8(16)5-11(18)14(10)21)19-15-20-12-6-9(17)2-3-13(12)22-15/h2-6,21H,1H3/b19-7+. The molecular formula is C15H9BrClIN2OS. The molecule has 112 valence electrons. The monoisotopic (exact) mass is 506 g/mol. The van der Waals surface area contributed by atoms with Crippen LogP contribution in [0.15, 0.2) is 39.8 Å². The van der Waals surface area contributed by atoms with Crippen molar-refractivity contribution >= 4 is 82.5 Å². The first-order valence-electron chi connectivity index (χ1n) is 6.24. The number of hydrogen-bond donors (Lipinski definition) is 1. The number of hydrogen-bond acceptors (Lipinski definition) is 4. The minimum Gasteiger partial charge on any atom is -0.506 e. The van der Waals surface area contributed by atoms with E-state index in [1.807, 2.05) is 37.3 Å².